The van der Waals surface area contributed by atoms with Crippen LogP contribution in [0, 0.1) is 0 Å². The van der Waals surface area contributed by atoms with Gasteiger partial charge in [-0.2, -0.15) is 0 Å². The van der Waals surface area contributed by atoms with Gasteiger partial charge in [0, 0.05) is 30.9 Å². The van der Waals surface area contributed by atoms with Crippen molar-refractivity contribution in [2.24, 2.45) is 0 Å². The molecule has 0 saturated carbocycles. The molecule has 5 nitrogen and oxygen atoms in total. The predicted octanol–water partition coefficient (Wildman–Crippen LogP) is 5.43. The van der Waals surface area contributed by atoms with Gasteiger partial charge in [0.15, 0.2) is 11.5 Å². The minimum atomic E-state index is 0.554. The highest BCUT2D eigenvalue weighted by Gasteiger charge is 2.15. The zero-order chi connectivity index (χ0) is 20.1. The largest absolute Gasteiger partial charge is 0.496 e. The van der Waals surface area contributed by atoms with Crippen LogP contribution in [-0.2, 0) is 13.1 Å². The number of rotatable bonds is 8. The van der Waals surface area contributed by atoms with E-state index in [-0.39, 0.29) is 0 Å². The van der Waals surface area contributed by atoms with Crippen molar-refractivity contribution in [3.63, 3.8) is 0 Å². The Morgan fingerprint density at radius 1 is 0.893 bits per heavy atom. The van der Waals surface area contributed by atoms with E-state index >= 15 is 0 Å². The number of hydrogen-bond donors (Lipinski definition) is 1. The second-order valence-corrected chi connectivity index (χ2v) is 7.81. The van der Waals surface area contributed by atoms with Crippen LogP contribution in [0.1, 0.15) is 10.6 Å². The fraction of sp³-hybridized carbons (Fsp3) is 0.250. The predicted molar refractivity (Wildman–Crippen MR) is 114 cm³/mol. The van der Waals surface area contributed by atoms with Crippen molar-refractivity contribution in [2.45, 2.75) is 13.1 Å². The maximum atomic E-state index is 6.05. The molecule has 3 rings (SSSR count). The number of aromatic nitrogens is 1. The standard InChI is InChI=1S/C20H20Cl2N2O3S/c1-25-16-8-18(27-3)17(26-2)7-13(16)19-10-24-20(28-19)11-23-9-12-4-5-14(21)15(22)6-12/h4-8,10,23H,9,11H2,1-3H3. The smallest absolute Gasteiger partial charge is 0.164 e. The Balaban J connectivity index is 1.72. The zero-order valence-corrected chi connectivity index (χ0v) is 18.0. The molecule has 0 saturated heterocycles. The Bertz CT molecular complexity index is 963. The molecule has 3 aromatic rings. The summed E-state index contributed by atoms with van der Waals surface area (Å²) in [5.74, 6) is 1.97. The van der Waals surface area contributed by atoms with Crippen LogP contribution in [0.3, 0.4) is 0 Å². The Hall–Kier alpha value is -1.99. The van der Waals surface area contributed by atoms with Crippen molar-refractivity contribution in [1.82, 2.24) is 10.3 Å². The molecule has 1 N–H and O–H groups in total. The molecule has 28 heavy (non-hydrogen) atoms. The minimum Gasteiger partial charge on any atom is -0.496 e. The number of ether oxygens (including phenoxy) is 3. The van der Waals surface area contributed by atoms with Crippen LogP contribution < -0.4 is 19.5 Å². The lowest BCUT2D eigenvalue weighted by Gasteiger charge is -2.12. The first-order valence-corrected chi connectivity index (χ1v) is 10.0. The second kappa shape index (κ2) is 9.47. The number of thiazole rings is 1. The van der Waals surface area contributed by atoms with Crippen LogP contribution in [0.4, 0.5) is 0 Å². The molecule has 1 heterocycles. The molecule has 0 bridgehead atoms. The molecule has 1 aromatic heterocycles. The maximum absolute atomic E-state index is 6.05. The van der Waals surface area contributed by atoms with Crippen LogP contribution in [0.5, 0.6) is 17.2 Å². The van der Waals surface area contributed by atoms with Crippen LogP contribution in [0.25, 0.3) is 10.4 Å². The van der Waals surface area contributed by atoms with Crippen LogP contribution in [0.15, 0.2) is 36.5 Å². The lowest BCUT2D eigenvalue weighted by atomic mass is 10.1. The minimum absolute atomic E-state index is 0.554. The highest BCUT2D eigenvalue weighted by Crippen LogP contribution is 2.41. The SMILES string of the molecule is COc1cc(OC)c(-c2cnc(CNCc3ccc(Cl)c(Cl)c3)s2)cc1OC. The Kier molecular flexibility index (Phi) is 7.02. The van der Waals surface area contributed by atoms with Gasteiger partial charge in [0.25, 0.3) is 0 Å². The van der Waals surface area contributed by atoms with Crippen LogP contribution >= 0.6 is 34.5 Å². The third-order valence-corrected chi connectivity index (χ3v) is 5.88. The third-order valence-electron chi connectivity index (χ3n) is 4.11. The highest BCUT2D eigenvalue weighted by atomic mass is 35.5. The van der Waals surface area contributed by atoms with Crippen molar-refractivity contribution < 1.29 is 14.2 Å². The van der Waals surface area contributed by atoms with Crippen molar-refractivity contribution in [1.29, 1.82) is 0 Å². The van der Waals surface area contributed by atoms with Gasteiger partial charge < -0.3 is 19.5 Å². The number of halogens is 2. The molecule has 0 aliphatic heterocycles. The molecule has 0 radical (unpaired) electrons. The fourth-order valence-electron chi connectivity index (χ4n) is 2.70. The van der Waals surface area contributed by atoms with Gasteiger partial charge in [-0.3, -0.25) is 0 Å². The van der Waals surface area contributed by atoms with Gasteiger partial charge in [0.1, 0.15) is 10.8 Å². The summed E-state index contributed by atoms with van der Waals surface area (Å²) in [5, 5.41) is 5.44. The fourth-order valence-corrected chi connectivity index (χ4v) is 3.93. The van der Waals surface area contributed by atoms with Gasteiger partial charge in [0.2, 0.25) is 0 Å². The van der Waals surface area contributed by atoms with Gasteiger partial charge >= 0.3 is 0 Å². The van der Waals surface area contributed by atoms with Crippen molar-refractivity contribution in [3.05, 3.63) is 57.1 Å². The van der Waals surface area contributed by atoms with Crippen molar-refractivity contribution in [2.75, 3.05) is 21.3 Å². The monoisotopic (exact) mass is 438 g/mol. The summed E-state index contributed by atoms with van der Waals surface area (Å²) in [6.07, 6.45) is 1.84. The first-order valence-electron chi connectivity index (χ1n) is 8.45. The van der Waals surface area contributed by atoms with E-state index in [2.05, 4.69) is 10.3 Å². The summed E-state index contributed by atoms with van der Waals surface area (Å²) < 4.78 is 16.3. The molecule has 0 unspecified atom stereocenters. The summed E-state index contributed by atoms with van der Waals surface area (Å²) in [6.45, 7) is 1.31. The summed E-state index contributed by atoms with van der Waals surface area (Å²) in [7, 11) is 4.84. The number of hydrogen-bond acceptors (Lipinski definition) is 6. The number of nitrogens with one attached hydrogen (secondary N) is 1. The van der Waals surface area contributed by atoms with Gasteiger partial charge in [-0.1, -0.05) is 29.3 Å². The molecule has 0 aliphatic carbocycles. The molecule has 0 amide bonds. The molecule has 0 spiro atoms. The van der Waals surface area contributed by atoms with E-state index in [0.717, 1.165) is 21.0 Å². The number of nitrogens with zero attached hydrogens (tertiary/aromatic N) is 1. The van der Waals surface area contributed by atoms with E-state index in [0.29, 0.717) is 40.4 Å². The van der Waals surface area contributed by atoms with Crippen LogP contribution in [0.2, 0.25) is 10.0 Å². The topological polar surface area (TPSA) is 52.6 Å². The van der Waals surface area contributed by atoms with E-state index in [1.165, 1.54) is 0 Å². The molecule has 2 aromatic carbocycles. The molecule has 8 heteroatoms. The number of benzene rings is 2. The molecular formula is C20H20Cl2N2O3S. The zero-order valence-electron chi connectivity index (χ0n) is 15.7. The lowest BCUT2D eigenvalue weighted by Crippen LogP contribution is -2.12. The highest BCUT2D eigenvalue weighted by molar-refractivity contribution is 7.15. The molecule has 0 atom stereocenters. The lowest BCUT2D eigenvalue weighted by molar-refractivity contribution is 0.349. The van der Waals surface area contributed by atoms with Gasteiger partial charge in [-0.15, -0.1) is 11.3 Å². The van der Waals surface area contributed by atoms with Gasteiger partial charge in [-0.25, -0.2) is 4.98 Å². The Morgan fingerprint density at radius 2 is 1.61 bits per heavy atom. The average molecular weight is 439 g/mol. The van der Waals surface area contributed by atoms with E-state index in [4.69, 9.17) is 37.4 Å². The van der Waals surface area contributed by atoms with Gasteiger partial charge in [-0.05, 0) is 23.8 Å². The van der Waals surface area contributed by atoms with Crippen LogP contribution in [-0.4, -0.2) is 26.3 Å². The quantitative estimate of drug-likeness (QED) is 0.507. The first-order chi connectivity index (χ1) is 13.5. The second-order valence-electron chi connectivity index (χ2n) is 5.88. The van der Waals surface area contributed by atoms with E-state index in [9.17, 15) is 0 Å². The third kappa shape index (κ3) is 4.70. The Morgan fingerprint density at radius 3 is 2.29 bits per heavy atom. The molecular weight excluding hydrogens is 419 g/mol. The summed E-state index contributed by atoms with van der Waals surface area (Å²) in [6, 6.07) is 9.32. The Labute approximate surface area is 178 Å². The van der Waals surface area contributed by atoms with E-state index in [1.807, 2.05) is 30.5 Å². The summed E-state index contributed by atoms with van der Waals surface area (Å²) in [5.41, 5.74) is 1.97. The van der Waals surface area contributed by atoms with Gasteiger partial charge in [0.05, 0.1) is 36.3 Å². The normalized spacial score (nSPS) is 10.8. The summed E-state index contributed by atoms with van der Waals surface area (Å²) in [4.78, 5) is 5.50. The molecule has 148 valence electrons. The summed E-state index contributed by atoms with van der Waals surface area (Å²) >= 11 is 13.6. The molecule has 0 fully saturated rings. The number of methoxy groups -OCH3 is 3. The van der Waals surface area contributed by atoms with Crippen molar-refractivity contribution in [3.8, 4) is 27.7 Å². The maximum Gasteiger partial charge on any atom is 0.164 e. The van der Waals surface area contributed by atoms with Crippen molar-refractivity contribution >= 4 is 34.5 Å². The first kappa shape index (κ1) is 20.7. The van der Waals surface area contributed by atoms with E-state index < -0.39 is 0 Å². The van der Waals surface area contributed by atoms with E-state index in [1.54, 1.807) is 38.7 Å². The average Bonchev–Trinajstić information content (AvgIpc) is 3.18. The molecule has 0 aliphatic rings.